The number of aliphatic hydroxyl groups excluding tert-OH is 1. The average Bonchev–Trinajstić information content (AvgIpc) is 2.77. The summed E-state index contributed by atoms with van der Waals surface area (Å²) in [5, 5.41) is 27.0. The number of aliphatic hydroxyl groups is 1. The monoisotopic (exact) mass is 252 g/mol. The normalized spacial score (nSPS) is 11.7. The van der Waals surface area contributed by atoms with Gasteiger partial charge in [-0.3, -0.25) is 14.8 Å². The van der Waals surface area contributed by atoms with Crippen LogP contribution in [0.4, 0.5) is 5.69 Å². The maximum Gasteiger partial charge on any atom is 0.306 e. The first kappa shape index (κ1) is 14.2. The molecule has 0 aliphatic heterocycles. The van der Waals surface area contributed by atoms with Crippen LogP contribution >= 0.6 is 0 Å². The van der Waals surface area contributed by atoms with E-state index in [9.17, 15) is 15.2 Å². The SMILES string of the molecule is CC#CCCNCC(O)Cn1cc([N+](=O)[O-])cn1. The van der Waals surface area contributed by atoms with Gasteiger partial charge in [0.25, 0.3) is 0 Å². The molecule has 0 saturated heterocycles. The number of hydrogen-bond acceptors (Lipinski definition) is 5. The highest BCUT2D eigenvalue weighted by molar-refractivity contribution is 5.20. The molecule has 0 aromatic carbocycles. The van der Waals surface area contributed by atoms with Gasteiger partial charge in [-0.05, 0) is 6.92 Å². The Morgan fingerprint density at radius 1 is 1.72 bits per heavy atom. The summed E-state index contributed by atoms with van der Waals surface area (Å²) in [6, 6.07) is 0. The zero-order valence-electron chi connectivity index (χ0n) is 10.2. The highest BCUT2D eigenvalue weighted by atomic mass is 16.6. The van der Waals surface area contributed by atoms with E-state index in [0.29, 0.717) is 13.1 Å². The molecule has 0 bridgehead atoms. The Balaban J connectivity index is 2.27. The maximum atomic E-state index is 10.4. The van der Waals surface area contributed by atoms with Gasteiger partial charge in [-0.25, -0.2) is 0 Å². The van der Waals surface area contributed by atoms with E-state index in [2.05, 4.69) is 22.3 Å². The third-order valence-corrected chi connectivity index (χ3v) is 2.21. The highest BCUT2D eigenvalue weighted by Crippen LogP contribution is 2.07. The zero-order chi connectivity index (χ0) is 13.4. The molecule has 0 fully saturated rings. The molecular weight excluding hydrogens is 236 g/mol. The van der Waals surface area contributed by atoms with Gasteiger partial charge in [0.2, 0.25) is 0 Å². The summed E-state index contributed by atoms with van der Waals surface area (Å²) >= 11 is 0. The van der Waals surface area contributed by atoms with Crippen LogP contribution in [0.5, 0.6) is 0 Å². The van der Waals surface area contributed by atoms with Gasteiger partial charge in [0, 0.05) is 19.5 Å². The lowest BCUT2D eigenvalue weighted by atomic mass is 10.3. The van der Waals surface area contributed by atoms with Gasteiger partial charge >= 0.3 is 5.69 Å². The fourth-order valence-electron chi connectivity index (χ4n) is 1.37. The molecule has 2 N–H and O–H groups in total. The van der Waals surface area contributed by atoms with Crippen LogP contribution in [0.15, 0.2) is 12.4 Å². The van der Waals surface area contributed by atoms with Crippen molar-refractivity contribution in [2.24, 2.45) is 0 Å². The lowest BCUT2D eigenvalue weighted by Gasteiger charge is -2.10. The van der Waals surface area contributed by atoms with Crippen molar-refractivity contribution < 1.29 is 10.0 Å². The Morgan fingerprint density at radius 3 is 3.11 bits per heavy atom. The Bertz CT molecular complexity index is 447. The van der Waals surface area contributed by atoms with Crippen LogP contribution in [0, 0.1) is 22.0 Å². The summed E-state index contributed by atoms with van der Waals surface area (Å²) < 4.78 is 1.36. The molecule has 1 heterocycles. The second kappa shape index (κ2) is 7.42. The van der Waals surface area contributed by atoms with E-state index in [1.165, 1.54) is 10.9 Å². The molecule has 98 valence electrons. The fourth-order valence-corrected chi connectivity index (χ4v) is 1.37. The molecule has 0 aliphatic carbocycles. The smallest absolute Gasteiger partial charge is 0.306 e. The lowest BCUT2D eigenvalue weighted by molar-refractivity contribution is -0.385. The predicted octanol–water partition coefficient (Wildman–Crippen LogP) is 0.155. The van der Waals surface area contributed by atoms with Crippen LogP contribution in [0.1, 0.15) is 13.3 Å². The van der Waals surface area contributed by atoms with Gasteiger partial charge in [0.1, 0.15) is 12.4 Å². The molecular formula is C11H16N4O3. The number of nitrogens with zero attached hydrogens (tertiary/aromatic N) is 3. The summed E-state index contributed by atoms with van der Waals surface area (Å²) in [5.74, 6) is 5.68. The Kier molecular flexibility index (Phi) is 5.84. The first-order valence-electron chi connectivity index (χ1n) is 5.58. The van der Waals surface area contributed by atoms with E-state index in [1.807, 2.05) is 0 Å². The molecule has 1 atom stereocenters. The molecule has 7 heteroatoms. The van der Waals surface area contributed by atoms with Gasteiger partial charge in [-0.1, -0.05) is 0 Å². The first-order chi connectivity index (χ1) is 8.63. The summed E-state index contributed by atoms with van der Waals surface area (Å²) in [5.41, 5.74) is -0.0756. The summed E-state index contributed by atoms with van der Waals surface area (Å²) in [6.45, 7) is 3.11. The molecule has 1 aromatic rings. The minimum atomic E-state index is -0.640. The largest absolute Gasteiger partial charge is 0.390 e. The van der Waals surface area contributed by atoms with Crippen molar-refractivity contribution in [1.82, 2.24) is 15.1 Å². The second-order valence-corrected chi connectivity index (χ2v) is 3.71. The van der Waals surface area contributed by atoms with Crippen molar-refractivity contribution in [1.29, 1.82) is 0 Å². The van der Waals surface area contributed by atoms with Crippen molar-refractivity contribution >= 4 is 5.69 Å². The quantitative estimate of drug-likeness (QED) is 0.312. The zero-order valence-corrected chi connectivity index (χ0v) is 10.2. The van der Waals surface area contributed by atoms with E-state index >= 15 is 0 Å². The maximum absolute atomic E-state index is 10.4. The molecule has 0 saturated carbocycles. The molecule has 1 aromatic heterocycles. The molecule has 7 nitrogen and oxygen atoms in total. The third kappa shape index (κ3) is 4.95. The van der Waals surface area contributed by atoms with Crippen molar-refractivity contribution in [3.8, 4) is 11.8 Å². The molecule has 1 unspecified atom stereocenters. The Hall–Kier alpha value is -1.91. The Labute approximate surface area is 105 Å². The molecule has 0 aliphatic rings. The van der Waals surface area contributed by atoms with Crippen LogP contribution < -0.4 is 5.32 Å². The van der Waals surface area contributed by atoms with E-state index in [1.54, 1.807) is 6.92 Å². The Morgan fingerprint density at radius 2 is 2.50 bits per heavy atom. The van der Waals surface area contributed by atoms with E-state index < -0.39 is 11.0 Å². The molecule has 18 heavy (non-hydrogen) atoms. The highest BCUT2D eigenvalue weighted by Gasteiger charge is 2.11. The van der Waals surface area contributed by atoms with Crippen molar-refractivity contribution in [3.05, 3.63) is 22.5 Å². The van der Waals surface area contributed by atoms with E-state index in [-0.39, 0.29) is 12.2 Å². The summed E-state index contributed by atoms with van der Waals surface area (Å²) in [6.07, 6.45) is 2.55. The van der Waals surface area contributed by atoms with Crippen LogP contribution in [-0.2, 0) is 6.54 Å². The van der Waals surface area contributed by atoms with Crippen LogP contribution in [0.25, 0.3) is 0 Å². The van der Waals surface area contributed by atoms with Crippen LogP contribution in [0.2, 0.25) is 0 Å². The van der Waals surface area contributed by atoms with Gasteiger partial charge in [-0.2, -0.15) is 5.10 Å². The predicted molar refractivity (Wildman–Crippen MR) is 65.8 cm³/mol. The van der Waals surface area contributed by atoms with E-state index in [0.717, 1.165) is 12.6 Å². The van der Waals surface area contributed by atoms with Gasteiger partial charge < -0.3 is 10.4 Å². The van der Waals surface area contributed by atoms with Gasteiger partial charge in [0.05, 0.1) is 17.6 Å². The van der Waals surface area contributed by atoms with Gasteiger partial charge in [-0.15, -0.1) is 11.8 Å². The number of rotatable bonds is 7. The second-order valence-electron chi connectivity index (χ2n) is 3.71. The molecule has 0 radical (unpaired) electrons. The van der Waals surface area contributed by atoms with Gasteiger partial charge in [0.15, 0.2) is 0 Å². The van der Waals surface area contributed by atoms with Crippen LogP contribution in [0.3, 0.4) is 0 Å². The number of nitrogens with one attached hydrogen (secondary N) is 1. The minimum absolute atomic E-state index is 0.0756. The molecule has 1 rings (SSSR count). The number of hydrogen-bond donors (Lipinski definition) is 2. The topological polar surface area (TPSA) is 93.2 Å². The number of nitro groups is 1. The van der Waals surface area contributed by atoms with Crippen molar-refractivity contribution in [3.63, 3.8) is 0 Å². The van der Waals surface area contributed by atoms with Crippen molar-refractivity contribution in [2.45, 2.75) is 26.0 Å². The van der Waals surface area contributed by atoms with E-state index in [4.69, 9.17) is 0 Å². The minimum Gasteiger partial charge on any atom is -0.390 e. The number of aromatic nitrogens is 2. The standard InChI is InChI=1S/C11H16N4O3/c1-2-3-4-5-12-7-11(16)9-14-8-10(6-13-14)15(17)18/h6,8,11-12,16H,4-5,7,9H2,1H3. The van der Waals surface area contributed by atoms with Crippen LogP contribution in [-0.4, -0.2) is 39.0 Å². The summed E-state index contributed by atoms with van der Waals surface area (Å²) in [4.78, 5) is 9.92. The first-order valence-corrected chi connectivity index (χ1v) is 5.58. The van der Waals surface area contributed by atoms with Crippen molar-refractivity contribution in [2.75, 3.05) is 13.1 Å². The lowest BCUT2D eigenvalue weighted by Crippen LogP contribution is -2.30. The molecule has 0 amide bonds. The molecule has 0 spiro atoms. The third-order valence-electron chi connectivity index (χ3n) is 2.21. The summed E-state index contributed by atoms with van der Waals surface area (Å²) in [7, 11) is 0. The fraction of sp³-hybridized carbons (Fsp3) is 0.545. The average molecular weight is 252 g/mol.